The molecule has 3 amide bonds. The van der Waals surface area contributed by atoms with Gasteiger partial charge < -0.3 is 10.1 Å². The molecule has 0 aliphatic carbocycles. The maximum Gasteiger partial charge on any atom is 0.330 e. The van der Waals surface area contributed by atoms with Crippen molar-refractivity contribution >= 4 is 29.4 Å². The molecule has 3 rings (SSSR count). The van der Waals surface area contributed by atoms with Crippen molar-refractivity contribution in [2.75, 3.05) is 11.9 Å². The number of nitrogens with zero attached hydrogens (tertiary/aromatic N) is 1. The Morgan fingerprint density at radius 3 is 2.00 bits per heavy atom. The number of anilines is 1. The van der Waals surface area contributed by atoms with Crippen molar-refractivity contribution in [2.45, 2.75) is 33.7 Å². The van der Waals surface area contributed by atoms with Gasteiger partial charge in [-0.1, -0.05) is 32.0 Å². The summed E-state index contributed by atoms with van der Waals surface area (Å²) in [6.07, 6.45) is 0. The van der Waals surface area contributed by atoms with Crippen LogP contribution >= 0.6 is 0 Å². The molecule has 0 saturated carbocycles. The second-order valence-electron chi connectivity index (χ2n) is 7.75. The maximum absolute atomic E-state index is 12.7. The van der Waals surface area contributed by atoms with Gasteiger partial charge in [0.1, 0.15) is 6.04 Å². The highest BCUT2D eigenvalue weighted by molar-refractivity contribution is 6.22. The summed E-state index contributed by atoms with van der Waals surface area (Å²) in [7, 11) is 0. The smallest absolute Gasteiger partial charge is 0.330 e. The topological polar surface area (TPSA) is 92.8 Å². The molecule has 0 aromatic heterocycles. The summed E-state index contributed by atoms with van der Waals surface area (Å²) < 4.78 is 5.17. The average molecular weight is 408 g/mol. The van der Waals surface area contributed by atoms with E-state index in [1.165, 1.54) is 0 Å². The molecule has 1 heterocycles. The maximum atomic E-state index is 12.7. The van der Waals surface area contributed by atoms with Gasteiger partial charge in [0.15, 0.2) is 6.61 Å². The van der Waals surface area contributed by atoms with E-state index in [1.54, 1.807) is 38.1 Å². The Kier molecular flexibility index (Phi) is 6.01. The minimum atomic E-state index is -1.12. The first-order valence-corrected chi connectivity index (χ1v) is 9.70. The highest BCUT2D eigenvalue weighted by Crippen LogP contribution is 2.27. The normalized spacial score (nSPS) is 14.0. The number of hydrogen-bond donors (Lipinski definition) is 1. The molecule has 0 radical (unpaired) electrons. The van der Waals surface area contributed by atoms with Crippen LogP contribution in [0.2, 0.25) is 0 Å². The lowest BCUT2D eigenvalue weighted by Gasteiger charge is -2.27. The third kappa shape index (κ3) is 4.25. The quantitative estimate of drug-likeness (QED) is 0.586. The minimum Gasteiger partial charge on any atom is -0.454 e. The Labute approximate surface area is 175 Å². The van der Waals surface area contributed by atoms with Crippen LogP contribution in [-0.4, -0.2) is 41.2 Å². The summed E-state index contributed by atoms with van der Waals surface area (Å²) in [6.45, 7) is 6.74. The van der Waals surface area contributed by atoms with Crippen molar-refractivity contribution in [2.24, 2.45) is 5.92 Å². The molecule has 1 aliphatic rings. The second kappa shape index (κ2) is 8.49. The first-order chi connectivity index (χ1) is 14.2. The number of carbonyl (C=O) groups excluding carboxylic acids is 4. The van der Waals surface area contributed by atoms with Crippen molar-refractivity contribution in [3.8, 4) is 0 Å². The third-order valence-corrected chi connectivity index (χ3v) is 4.83. The van der Waals surface area contributed by atoms with Gasteiger partial charge in [-0.15, -0.1) is 0 Å². The number of benzene rings is 2. The number of esters is 1. The Hall–Kier alpha value is -3.48. The Morgan fingerprint density at radius 2 is 1.50 bits per heavy atom. The van der Waals surface area contributed by atoms with E-state index in [1.807, 2.05) is 32.0 Å². The number of aryl methyl sites for hydroxylation is 2. The van der Waals surface area contributed by atoms with E-state index in [0.717, 1.165) is 16.0 Å². The van der Waals surface area contributed by atoms with E-state index in [0.29, 0.717) is 5.69 Å². The average Bonchev–Trinajstić information content (AvgIpc) is 2.91. The first kappa shape index (κ1) is 21.2. The Morgan fingerprint density at radius 1 is 0.967 bits per heavy atom. The number of fused-ring (bicyclic) bond motifs is 1. The fraction of sp³-hybridized carbons (Fsp3) is 0.304. The van der Waals surface area contributed by atoms with Gasteiger partial charge in [0.05, 0.1) is 11.1 Å². The van der Waals surface area contributed by atoms with Crippen molar-refractivity contribution in [1.82, 2.24) is 4.90 Å². The molecule has 0 bridgehead atoms. The summed E-state index contributed by atoms with van der Waals surface area (Å²) in [5, 5.41) is 2.68. The molecular formula is C23H24N2O5. The molecule has 30 heavy (non-hydrogen) atoms. The summed E-state index contributed by atoms with van der Waals surface area (Å²) in [6, 6.07) is 10.9. The van der Waals surface area contributed by atoms with Crippen LogP contribution in [0, 0.1) is 19.8 Å². The molecule has 7 heteroatoms. The number of ether oxygens (including phenoxy) is 1. The van der Waals surface area contributed by atoms with Crippen LogP contribution in [0.25, 0.3) is 0 Å². The van der Waals surface area contributed by atoms with E-state index < -0.39 is 36.3 Å². The van der Waals surface area contributed by atoms with Gasteiger partial charge in [-0.25, -0.2) is 4.79 Å². The number of carbonyl (C=O) groups is 4. The Balaban J connectivity index is 1.69. The molecule has 2 aromatic rings. The standard InChI is InChI=1S/C23H24N2O5/c1-13(2)20(25-21(27)17-7-5-6-8-18(17)22(25)28)23(29)30-12-19(26)24-16-10-14(3)9-15(4)11-16/h5-11,13,20H,12H2,1-4H3,(H,24,26)/t20-/m0/s1. The fourth-order valence-corrected chi connectivity index (χ4v) is 3.60. The first-order valence-electron chi connectivity index (χ1n) is 9.70. The van der Waals surface area contributed by atoms with Crippen LogP contribution < -0.4 is 5.32 Å². The van der Waals surface area contributed by atoms with Gasteiger partial charge in [0.2, 0.25) is 0 Å². The molecule has 156 valence electrons. The highest BCUT2D eigenvalue weighted by Gasteiger charge is 2.44. The van der Waals surface area contributed by atoms with E-state index in [-0.39, 0.29) is 17.0 Å². The lowest BCUT2D eigenvalue weighted by molar-refractivity contribution is -0.152. The predicted molar refractivity (Wildman–Crippen MR) is 111 cm³/mol. The van der Waals surface area contributed by atoms with Crippen molar-refractivity contribution in [3.05, 3.63) is 64.7 Å². The zero-order valence-electron chi connectivity index (χ0n) is 17.4. The molecule has 1 atom stereocenters. The number of hydrogen-bond acceptors (Lipinski definition) is 5. The van der Waals surface area contributed by atoms with E-state index in [9.17, 15) is 19.2 Å². The molecular weight excluding hydrogens is 384 g/mol. The summed E-state index contributed by atoms with van der Waals surface area (Å²) in [5.74, 6) is -2.76. The molecule has 1 aliphatic heterocycles. The van der Waals surface area contributed by atoms with Crippen molar-refractivity contribution in [1.29, 1.82) is 0 Å². The van der Waals surface area contributed by atoms with Crippen LogP contribution in [0.4, 0.5) is 5.69 Å². The van der Waals surface area contributed by atoms with Gasteiger partial charge in [-0.2, -0.15) is 0 Å². The van der Waals surface area contributed by atoms with Gasteiger partial charge in [0, 0.05) is 5.69 Å². The zero-order chi connectivity index (χ0) is 22.0. The van der Waals surface area contributed by atoms with Gasteiger partial charge in [0.25, 0.3) is 17.7 Å². The van der Waals surface area contributed by atoms with E-state index in [2.05, 4.69) is 5.32 Å². The summed E-state index contributed by atoms with van der Waals surface area (Å²) in [4.78, 5) is 51.3. The predicted octanol–water partition coefficient (Wildman–Crippen LogP) is 3.11. The van der Waals surface area contributed by atoms with Gasteiger partial charge in [-0.05, 0) is 55.2 Å². The largest absolute Gasteiger partial charge is 0.454 e. The molecule has 0 spiro atoms. The van der Waals surface area contributed by atoms with Crippen molar-refractivity contribution in [3.63, 3.8) is 0 Å². The second-order valence-corrected chi connectivity index (χ2v) is 7.75. The lowest BCUT2D eigenvalue weighted by Crippen LogP contribution is -2.49. The molecule has 0 fully saturated rings. The highest BCUT2D eigenvalue weighted by atomic mass is 16.5. The van der Waals surface area contributed by atoms with E-state index >= 15 is 0 Å². The molecule has 2 aromatic carbocycles. The lowest BCUT2D eigenvalue weighted by atomic mass is 10.0. The monoisotopic (exact) mass is 408 g/mol. The van der Waals surface area contributed by atoms with Crippen LogP contribution in [0.3, 0.4) is 0 Å². The molecule has 7 nitrogen and oxygen atoms in total. The van der Waals surface area contributed by atoms with E-state index in [4.69, 9.17) is 4.74 Å². The Bertz CT molecular complexity index is 973. The van der Waals surface area contributed by atoms with Crippen molar-refractivity contribution < 1.29 is 23.9 Å². The summed E-state index contributed by atoms with van der Waals surface area (Å²) in [5.41, 5.74) is 3.11. The summed E-state index contributed by atoms with van der Waals surface area (Å²) >= 11 is 0. The number of rotatable bonds is 6. The third-order valence-electron chi connectivity index (χ3n) is 4.83. The number of imide groups is 1. The molecule has 0 saturated heterocycles. The van der Waals surface area contributed by atoms with Crippen LogP contribution in [0.1, 0.15) is 45.7 Å². The zero-order valence-corrected chi connectivity index (χ0v) is 17.4. The van der Waals surface area contributed by atoms with Gasteiger partial charge in [-0.3, -0.25) is 19.3 Å². The number of amides is 3. The molecule has 1 N–H and O–H groups in total. The van der Waals surface area contributed by atoms with Crippen LogP contribution in [0.15, 0.2) is 42.5 Å². The SMILES string of the molecule is Cc1cc(C)cc(NC(=O)COC(=O)[C@H](C(C)C)N2C(=O)c3ccccc3C2=O)c1. The van der Waals surface area contributed by atoms with Crippen LogP contribution in [-0.2, 0) is 14.3 Å². The van der Waals surface area contributed by atoms with Gasteiger partial charge >= 0.3 is 5.97 Å². The minimum absolute atomic E-state index is 0.258. The number of nitrogens with one attached hydrogen (secondary N) is 1. The van der Waals surface area contributed by atoms with Crippen LogP contribution in [0.5, 0.6) is 0 Å². The molecule has 0 unspecified atom stereocenters. The fourth-order valence-electron chi connectivity index (χ4n) is 3.60.